The van der Waals surface area contributed by atoms with Crippen LogP contribution >= 0.6 is 0 Å². The monoisotopic (exact) mass is 583 g/mol. The number of ether oxygens (including phenoxy) is 2. The number of fused-ring (bicyclic) bond motifs is 4. The molecule has 1 atom stereocenters. The van der Waals surface area contributed by atoms with Gasteiger partial charge in [0.25, 0.3) is 0 Å². The number of amides is 2. The summed E-state index contributed by atoms with van der Waals surface area (Å²) in [6.07, 6.45) is 0.112. The van der Waals surface area contributed by atoms with Gasteiger partial charge in [0.2, 0.25) is 5.91 Å². The van der Waals surface area contributed by atoms with Gasteiger partial charge < -0.3 is 25.2 Å². The second-order valence-corrected chi connectivity index (χ2v) is 11.4. The molecule has 0 bridgehead atoms. The zero-order chi connectivity index (χ0) is 30.7. The molecule has 1 aliphatic carbocycles. The summed E-state index contributed by atoms with van der Waals surface area (Å²) in [6.45, 7) is 4.71. The summed E-state index contributed by atoms with van der Waals surface area (Å²) < 4.78 is 12.5. The Morgan fingerprint density at radius 3 is 2.14 bits per heavy atom. The van der Waals surface area contributed by atoms with Crippen LogP contribution in [-0.4, -0.2) is 58.5 Å². The molecular weight excluding hydrogens is 550 g/mol. The highest BCUT2D eigenvalue weighted by Crippen LogP contribution is 2.44. The van der Waals surface area contributed by atoms with E-state index in [0.29, 0.717) is 16.5 Å². The van der Waals surface area contributed by atoms with E-state index in [4.69, 9.17) is 14.6 Å². The SMILES string of the molecule is CC(C)(C)OC(=O)n1cc(C[C@H](NC(=O)OCC2c3ccccc3-c3ccccc32)C(=O)NCC(=O)O)c2ccccc21. The van der Waals surface area contributed by atoms with Crippen molar-refractivity contribution in [1.82, 2.24) is 15.2 Å². The van der Waals surface area contributed by atoms with E-state index in [2.05, 4.69) is 10.6 Å². The topological polar surface area (TPSA) is 136 Å². The van der Waals surface area contributed by atoms with Gasteiger partial charge in [0.05, 0.1) is 5.52 Å². The Hall–Kier alpha value is -5.12. The molecule has 43 heavy (non-hydrogen) atoms. The summed E-state index contributed by atoms with van der Waals surface area (Å²) in [4.78, 5) is 50.3. The molecule has 0 unspecified atom stereocenters. The van der Waals surface area contributed by atoms with E-state index < -0.39 is 42.3 Å². The largest absolute Gasteiger partial charge is 0.480 e. The number of carboxylic acids is 1. The number of aliphatic carboxylic acids is 1. The van der Waals surface area contributed by atoms with Crippen LogP contribution in [0, 0.1) is 0 Å². The molecule has 4 aromatic rings. The standard InChI is InChI=1S/C33H33N3O7/c1-33(2,3)43-32(41)36-18-20(21-10-8-9-15-28(21)36)16-27(30(39)34-17-29(37)38)35-31(40)42-19-26-24-13-6-4-11-22(24)23-12-5-7-14-25(23)26/h4-15,18,26-27H,16-17,19H2,1-3H3,(H,34,39)(H,35,40)(H,37,38)/t27-/m0/s1. The Morgan fingerprint density at radius 2 is 1.51 bits per heavy atom. The highest BCUT2D eigenvalue weighted by molar-refractivity contribution is 5.94. The van der Waals surface area contributed by atoms with Gasteiger partial charge in [0.1, 0.15) is 24.8 Å². The highest BCUT2D eigenvalue weighted by atomic mass is 16.6. The van der Waals surface area contributed by atoms with E-state index in [9.17, 15) is 19.2 Å². The number of hydrogen-bond acceptors (Lipinski definition) is 6. The van der Waals surface area contributed by atoms with Crippen molar-refractivity contribution in [2.45, 2.75) is 44.8 Å². The van der Waals surface area contributed by atoms with Crippen LogP contribution in [0.15, 0.2) is 79.0 Å². The smallest absolute Gasteiger partial charge is 0.419 e. The van der Waals surface area contributed by atoms with Crippen LogP contribution in [0.4, 0.5) is 9.59 Å². The quantitative estimate of drug-likeness (QED) is 0.263. The second-order valence-electron chi connectivity index (χ2n) is 11.4. The molecule has 1 aliphatic rings. The normalized spacial score (nSPS) is 13.1. The molecule has 1 aromatic heterocycles. The number of nitrogens with zero attached hydrogens (tertiary/aromatic N) is 1. The number of nitrogens with one attached hydrogen (secondary N) is 2. The molecular formula is C33H33N3O7. The number of hydrogen-bond donors (Lipinski definition) is 3. The lowest BCUT2D eigenvalue weighted by atomic mass is 9.98. The minimum atomic E-state index is -1.23. The fraction of sp³-hybridized carbons (Fsp3) is 0.273. The second kappa shape index (κ2) is 12.0. The van der Waals surface area contributed by atoms with Gasteiger partial charge in [0, 0.05) is 23.9 Å². The van der Waals surface area contributed by atoms with Crippen LogP contribution in [0.2, 0.25) is 0 Å². The average Bonchev–Trinajstić information content (AvgIpc) is 3.49. The van der Waals surface area contributed by atoms with Crippen molar-refractivity contribution in [3.05, 3.63) is 95.7 Å². The summed E-state index contributed by atoms with van der Waals surface area (Å²) in [5.41, 5.74) is 4.67. The highest BCUT2D eigenvalue weighted by Gasteiger charge is 2.30. The molecule has 0 saturated carbocycles. The Morgan fingerprint density at radius 1 is 0.907 bits per heavy atom. The van der Waals surface area contributed by atoms with Crippen molar-refractivity contribution < 1.29 is 33.8 Å². The maximum atomic E-state index is 13.1. The summed E-state index contributed by atoms with van der Waals surface area (Å²) >= 11 is 0. The predicted molar refractivity (Wildman–Crippen MR) is 160 cm³/mol. The minimum Gasteiger partial charge on any atom is -0.480 e. The van der Waals surface area contributed by atoms with Crippen LogP contribution in [0.3, 0.4) is 0 Å². The van der Waals surface area contributed by atoms with Crippen LogP contribution in [0.1, 0.15) is 43.4 Å². The number of alkyl carbamates (subject to hydrolysis) is 1. The lowest BCUT2D eigenvalue weighted by molar-refractivity contribution is -0.138. The number of rotatable bonds is 8. The van der Waals surface area contributed by atoms with Crippen molar-refractivity contribution in [2.75, 3.05) is 13.2 Å². The summed E-state index contributed by atoms with van der Waals surface area (Å²) in [7, 11) is 0. The fourth-order valence-electron chi connectivity index (χ4n) is 5.37. The maximum Gasteiger partial charge on any atom is 0.419 e. The Bertz CT molecular complexity index is 1660. The number of benzene rings is 3. The van der Waals surface area contributed by atoms with Crippen molar-refractivity contribution in [2.24, 2.45) is 0 Å². The zero-order valence-electron chi connectivity index (χ0n) is 24.1. The van der Waals surface area contributed by atoms with Gasteiger partial charge in [-0.3, -0.25) is 14.2 Å². The first-order chi connectivity index (χ1) is 20.5. The van der Waals surface area contributed by atoms with Gasteiger partial charge in [0.15, 0.2) is 0 Å². The molecule has 3 N–H and O–H groups in total. The molecule has 3 aromatic carbocycles. The molecule has 2 amide bonds. The van der Waals surface area contributed by atoms with Gasteiger partial charge in [-0.05, 0) is 54.7 Å². The number of carbonyl (C=O) groups excluding carboxylic acids is 3. The van der Waals surface area contributed by atoms with Crippen LogP contribution in [-0.2, 0) is 25.5 Å². The predicted octanol–water partition coefficient (Wildman–Crippen LogP) is 5.08. The first-order valence-electron chi connectivity index (χ1n) is 13.9. The van der Waals surface area contributed by atoms with Gasteiger partial charge in [-0.25, -0.2) is 9.59 Å². The molecule has 0 saturated heterocycles. The van der Waals surface area contributed by atoms with Crippen molar-refractivity contribution in [3.8, 4) is 11.1 Å². The molecule has 222 valence electrons. The van der Waals surface area contributed by atoms with Crippen LogP contribution in [0.5, 0.6) is 0 Å². The van der Waals surface area contributed by atoms with E-state index in [-0.39, 0.29) is 18.9 Å². The Labute approximate surface area is 248 Å². The summed E-state index contributed by atoms with van der Waals surface area (Å²) in [6, 6.07) is 21.8. The minimum absolute atomic E-state index is 0.0358. The van der Waals surface area contributed by atoms with Crippen molar-refractivity contribution >= 4 is 35.0 Å². The zero-order valence-corrected chi connectivity index (χ0v) is 24.1. The third-order valence-corrected chi connectivity index (χ3v) is 7.17. The number of carbonyl (C=O) groups is 4. The molecule has 0 aliphatic heterocycles. The van der Waals surface area contributed by atoms with Gasteiger partial charge in [-0.2, -0.15) is 0 Å². The molecule has 5 rings (SSSR count). The Kier molecular flexibility index (Phi) is 8.20. The molecule has 0 spiro atoms. The maximum absolute atomic E-state index is 13.1. The third kappa shape index (κ3) is 6.53. The molecule has 0 radical (unpaired) electrons. The van der Waals surface area contributed by atoms with E-state index in [1.807, 2.05) is 48.5 Å². The van der Waals surface area contributed by atoms with Crippen molar-refractivity contribution in [3.63, 3.8) is 0 Å². The number of aromatic nitrogens is 1. The lowest BCUT2D eigenvalue weighted by Gasteiger charge is -2.20. The summed E-state index contributed by atoms with van der Waals surface area (Å²) in [5, 5.41) is 14.7. The third-order valence-electron chi connectivity index (χ3n) is 7.17. The number of carboxylic acid groups (broad SMARTS) is 1. The van der Waals surface area contributed by atoms with Crippen LogP contribution in [0.25, 0.3) is 22.0 Å². The average molecular weight is 584 g/mol. The van der Waals surface area contributed by atoms with Gasteiger partial charge >= 0.3 is 18.2 Å². The number of para-hydroxylation sites is 1. The lowest BCUT2D eigenvalue weighted by Crippen LogP contribution is -2.49. The van der Waals surface area contributed by atoms with E-state index in [1.54, 1.807) is 51.2 Å². The van der Waals surface area contributed by atoms with E-state index in [0.717, 1.165) is 22.3 Å². The van der Waals surface area contributed by atoms with E-state index in [1.165, 1.54) is 4.57 Å². The molecule has 0 fully saturated rings. The van der Waals surface area contributed by atoms with E-state index >= 15 is 0 Å². The Balaban J connectivity index is 1.36. The molecule has 1 heterocycles. The fourth-order valence-corrected chi connectivity index (χ4v) is 5.37. The summed E-state index contributed by atoms with van der Waals surface area (Å²) in [5.74, 6) is -2.11. The first kappa shape index (κ1) is 29.4. The van der Waals surface area contributed by atoms with Gasteiger partial charge in [-0.15, -0.1) is 0 Å². The van der Waals surface area contributed by atoms with Gasteiger partial charge in [-0.1, -0.05) is 66.7 Å². The first-order valence-corrected chi connectivity index (χ1v) is 13.9. The van der Waals surface area contributed by atoms with Crippen LogP contribution < -0.4 is 10.6 Å². The van der Waals surface area contributed by atoms with Crippen molar-refractivity contribution in [1.29, 1.82) is 0 Å². The molecule has 10 nitrogen and oxygen atoms in total. The molecule has 10 heteroatoms.